The molecule has 2 rings (SSSR count). The van der Waals surface area contributed by atoms with Gasteiger partial charge < -0.3 is 5.32 Å². The van der Waals surface area contributed by atoms with E-state index in [1.54, 1.807) is 12.1 Å². The molecule has 0 bridgehead atoms. The highest BCUT2D eigenvalue weighted by Crippen LogP contribution is 2.13. The molecule has 0 saturated carbocycles. The van der Waals surface area contributed by atoms with E-state index in [1.807, 2.05) is 42.5 Å². The van der Waals surface area contributed by atoms with Crippen LogP contribution < -0.4 is 5.32 Å². The zero-order valence-corrected chi connectivity index (χ0v) is 12.0. The Morgan fingerprint density at radius 2 is 2.00 bits per heavy atom. The van der Waals surface area contributed by atoms with Crippen LogP contribution in [0.3, 0.4) is 0 Å². The lowest BCUT2D eigenvalue weighted by Crippen LogP contribution is -2.07. The van der Waals surface area contributed by atoms with Crippen molar-refractivity contribution in [3.63, 3.8) is 0 Å². The molecule has 20 heavy (non-hydrogen) atoms. The summed E-state index contributed by atoms with van der Waals surface area (Å²) < 4.78 is 0. The van der Waals surface area contributed by atoms with Gasteiger partial charge in [-0.3, -0.25) is 4.79 Å². The first kappa shape index (κ1) is 14.4. The molecule has 0 aromatic heterocycles. The summed E-state index contributed by atoms with van der Waals surface area (Å²) in [5.74, 6) is -0.154. The Morgan fingerprint density at radius 1 is 1.20 bits per heavy atom. The molecule has 0 saturated heterocycles. The maximum Gasteiger partial charge on any atom is 0.248 e. The van der Waals surface area contributed by atoms with Crippen LogP contribution in [0, 0.1) is 0 Å². The van der Waals surface area contributed by atoms with Crippen molar-refractivity contribution >= 4 is 29.3 Å². The molecule has 2 nitrogen and oxygen atoms in total. The lowest BCUT2D eigenvalue weighted by atomic mass is 10.1. The van der Waals surface area contributed by atoms with E-state index in [9.17, 15) is 4.79 Å². The van der Waals surface area contributed by atoms with E-state index in [1.165, 1.54) is 11.6 Å². The van der Waals surface area contributed by atoms with Gasteiger partial charge in [-0.2, -0.15) is 0 Å². The summed E-state index contributed by atoms with van der Waals surface area (Å²) in [6, 6.07) is 15.2. The van der Waals surface area contributed by atoms with Crippen LogP contribution in [0.2, 0.25) is 5.02 Å². The van der Waals surface area contributed by atoms with Gasteiger partial charge >= 0.3 is 0 Å². The first-order valence-electron chi connectivity index (χ1n) is 6.51. The Bertz CT molecular complexity index is 634. The third kappa shape index (κ3) is 4.25. The Morgan fingerprint density at radius 3 is 2.75 bits per heavy atom. The van der Waals surface area contributed by atoms with Crippen LogP contribution >= 0.6 is 11.6 Å². The summed E-state index contributed by atoms with van der Waals surface area (Å²) in [4.78, 5) is 11.8. The van der Waals surface area contributed by atoms with E-state index in [4.69, 9.17) is 11.6 Å². The smallest absolute Gasteiger partial charge is 0.248 e. The molecule has 102 valence electrons. The SMILES string of the molecule is CCc1cccc(NC(=O)/C=C/c2cccc(Cl)c2)c1. The fourth-order valence-electron chi connectivity index (χ4n) is 1.84. The molecule has 0 spiro atoms. The van der Waals surface area contributed by atoms with Crippen molar-refractivity contribution in [2.75, 3.05) is 5.32 Å². The molecular weight excluding hydrogens is 270 g/mol. The molecular formula is C17H16ClNO. The number of carbonyl (C=O) groups excluding carboxylic acids is 1. The second-order valence-electron chi connectivity index (χ2n) is 4.43. The third-order valence-electron chi connectivity index (χ3n) is 2.88. The van der Waals surface area contributed by atoms with Crippen LogP contribution in [0.5, 0.6) is 0 Å². The van der Waals surface area contributed by atoms with Crippen LogP contribution in [0.15, 0.2) is 54.6 Å². The van der Waals surface area contributed by atoms with E-state index in [2.05, 4.69) is 12.2 Å². The number of amides is 1. The molecule has 0 radical (unpaired) electrons. The van der Waals surface area contributed by atoms with Gasteiger partial charge in [0.25, 0.3) is 0 Å². The molecule has 0 fully saturated rings. The number of hydrogen-bond acceptors (Lipinski definition) is 1. The van der Waals surface area contributed by atoms with Crippen molar-refractivity contribution in [2.45, 2.75) is 13.3 Å². The van der Waals surface area contributed by atoms with Gasteiger partial charge in [0, 0.05) is 16.8 Å². The van der Waals surface area contributed by atoms with Crippen LogP contribution in [-0.4, -0.2) is 5.91 Å². The van der Waals surface area contributed by atoms with Crippen molar-refractivity contribution in [1.82, 2.24) is 0 Å². The third-order valence-corrected chi connectivity index (χ3v) is 3.11. The second-order valence-corrected chi connectivity index (χ2v) is 4.87. The predicted octanol–water partition coefficient (Wildman–Crippen LogP) is 4.55. The Labute approximate surface area is 124 Å². The Hall–Kier alpha value is -2.06. The summed E-state index contributed by atoms with van der Waals surface area (Å²) in [5, 5.41) is 3.50. The monoisotopic (exact) mass is 285 g/mol. The number of rotatable bonds is 4. The summed E-state index contributed by atoms with van der Waals surface area (Å²) in [6.45, 7) is 2.08. The van der Waals surface area contributed by atoms with Crippen molar-refractivity contribution in [3.05, 3.63) is 70.8 Å². The lowest BCUT2D eigenvalue weighted by molar-refractivity contribution is -0.111. The van der Waals surface area contributed by atoms with E-state index < -0.39 is 0 Å². The minimum atomic E-state index is -0.154. The highest BCUT2D eigenvalue weighted by molar-refractivity contribution is 6.30. The van der Waals surface area contributed by atoms with Gasteiger partial charge in [0.2, 0.25) is 5.91 Å². The standard InChI is InChI=1S/C17H16ClNO/c1-2-13-5-4-8-16(12-13)19-17(20)10-9-14-6-3-7-15(18)11-14/h3-12H,2H2,1H3,(H,19,20)/b10-9+. The fourth-order valence-corrected chi connectivity index (χ4v) is 2.03. The Balaban J connectivity index is 2.01. The molecule has 1 N–H and O–H groups in total. The number of benzene rings is 2. The van der Waals surface area contributed by atoms with Crippen LogP contribution in [0.25, 0.3) is 6.08 Å². The summed E-state index contributed by atoms with van der Waals surface area (Å²) in [5.41, 5.74) is 2.90. The van der Waals surface area contributed by atoms with Gasteiger partial charge in [-0.15, -0.1) is 0 Å². The molecule has 3 heteroatoms. The average molecular weight is 286 g/mol. The lowest BCUT2D eigenvalue weighted by Gasteiger charge is -2.04. The predicted molar refractivity (Wildman–Crippen MR) is 84.9 cm³/mol. The van der Waals surface area contributed by atoms with Crippen molar-refractivity contribution in [1.29, 1.82) is 0 Å². The zero-order chi connectivity index (χ0) is 14.4. The van der Waals surface area contributed by atoms with E-state index >= 15 is 0 Å². The van der Waals surface area contributed by atoms with Crippen LogP contribution in [-0.2, 0) is 11.2 Å². The number of anilines is 1. The average Bonchev–Trinajstić information content (AvgIpc) is 2.45. The number of halogens is 1. The van der Waals surface area contributed by atoms with Crippen molar-refractivity contribution < 1.29 is 4.79 Å². The molecule has 2 aromatic rings. The van der Waals surface area contributed by atoms with Crippen molar-refractivity contribution in [2.24, 2.45) is 0 Å². The van der Waals surface area contributed by atoms with E-state index in [0.29, 0.717) is 5.02 Å². The summed E-state index contributed by atoms with van der Waals surface area (Å²) in [7, 11) is 0. The summed E-state index contributed by atoms with van der Waals surface area (Å²) in [6.07, 6.45) is 4.19. The molecule has 0 atom stereocenters. The minimum Gasteiger partial charge on any atom is -0.323 e. The highest BCUT2D eigenvalue weighted by Gasteiger charge is 1.99. The van der Waals surface area contributed by atoms with E-state index in [-0.39, 0.29) is 5.91 Å². The fraction of sp³-hybridized carbons (Fsp3) is 0.118. The molecule has 1 amide bonds. The van der Waals surface area contributed by atoms with Gasteiger partial charge in [0.15, 0.2) is 0 Å². The minimum absolute atomic E-state index is 0.154. The maximum absolute atomic E-state index is 11.8. The molecule has 0 aliphatic carbocycles. The normalized spacial score (nSPS) is 10.7. The molecule has 0 unspecified atom stereocenters. The maximum atomic E-state index is 11.8. The topological polar surface area (TPSA) is 29.1 Å². The molecule has 2 aromatic carbocycles. The highest BCUT2D eigenvalue weighted by atomic mass is 35.5. The Kier molecular flexibility index (Phi) is 4.97. The first-order valence-corrected chi connectivity index (χ1v) is 6.89. The van der Waals surface area contributed by atoms with Gasteiger partial charge in [0.05, 0.1) is 0 Å². The molecule has 0 aliphatic heterocycles. The largest absolute Gasteiger partial charge is 0.323 e. The van der Waals surface area contributed by atoms with Crippen LogP contribution in [0.1, 0.15) is 18.1 Å². The number of nitrogens with one attached hydrogen (secondary N) is 1. The zero-order valence-electron chi connectivity index (χ0n) is 11.3. The first-order chi connectivity index (χ1) is 9.67. The van der Waals surface area contributed by atoms with Gasteiger partial charge in [-0.05, 0) is 47.9 Å². The number of carbonyl (C=O) groups is 1. The second kappa shape index (κ2) is 6.92. The van der Waals surface area contributed by atoms with Gasteiger partial charge in [-0.25, -0.2) is 0 Å². The number of hydrogen-bond donors (Lipinski definition) is 1. The van der Waals surface area contributed by atoms with Crippen LogP contribution in [0.4, 0.5) is 5.69 Å². The van der Waals surface area contributed by atoms with Gasteiger partial charge in [0.1, 0.15) is 0 Å². The quantitative estimate of drug-likeness (QED) is 0.820. The molecule has 0 heterocycles. The van der Waals surface area contributed by atoms with Gasteiger partial charge in [-0.1, -0.05) is 42.8 Å². The number of aryl methyl sites for hydroxylation is 1. The van der Waals surface area contributed by atoms with Crippen molar-refractivity contribution in [3.8, 4) is 0 Å². The van der Waals surface area contributed by atoms with E-state index in [0.717, 1.165) is 17.7 Å². The molecule has 0 aliphatic rings. The summed E-state index contributed by atoms with van der Waals surface area (Å²) >= 11 is 5.89.